The molecule has 0 amide bonds. The van der Waals surface area contributed by atoms with E-state index in [1.165, 1.54) is 6.07 Å². The lowest BCUT2D eigenvalue weighted by Crippen LogP contribution is -2.18. The minimum Gasteiger partial charge on any atom is -0.391 e. The molecule has 1 aromatic rings. The number of nitrogens with one attached hydrogen (secondary N) is 1. The number of anilines is 1. The molecule has 4 heteroatoms. The third-order valence-corrected chi connectivity index (χ3v) is 2.54. The molecule has 14 heavy (non-hydrogen) atoms. The summed E-state index contributed by atoms with van der Waals surface area (Å²) in [5.41, 5.74) is 0.797. The lowest BCUT2D eigenvalue weighted by atomic mass is 10.2. The Morgan fingerprint density at radius 1 is 1.57 bits per heavy atom. The molecule has 0 fully saturated rings. The fourth-order valence-corrected chi connectivity index (χ4v) is 1.36. The first-order valence-corrected chi connectivity index (χ1v) is 5.29. The molecule has 1 atom stereocenters. The molecule has 1 aromatic carbocycles. The van der Waals surface area contributed by atoms with E-state index >= 15 is 0 Å². The van der Waals surface area contributed by atoms with E-state index in [4.69, 9.17) is 0 Å². The average molecular weight is 262 g/mol. The van der Waals surface area contributed by atoms with Crippen molar-refractivity contribution in [1.82, 2.24) is 0 Å². The average Bonchev–Trinajstić information content (AvgIpc) is 2.19. The number of hydrogen-bond acceptors (Lipinski definition) is 2. The van der Waals surface area contributed by atoms with Crippen LogP contribution in [0, 0.1) is 5.82 Å². The van der Waals surface area contributed by atoms with Crippen molar-refractivity contribution in [3.8, 4) is 0 Å². The van der Waals surface area contributed by atoms with Gasteiger partial charge in [-0.3, -0.25) is 0 Å². The van der Waals surface area contributed by atoms with Crippen LogP contribution in [0.25, 0.3) is 0 Å². The number of rotatable bonds is 4. The Labute approximate surface area is 91.3 Å². The number of benzene rings is 1. The Balaban J connectivity index is 2.55. The van der Waals surface area contributed by atoms with Crippen LogP contribution in [0.5, 0.6) is 0 Å². The molecule has 0 bridgehead atoms. The van der Waals surface area contributed by atoms with Crippen molar-refractivity contribution < 1.29 is 9.50 Å². The lowest BCUT2D eigenvalue weighted by molar-refractivity contribution is 0.183. The Morgan fingerprint density at radius 2 is 2.29 bits per heavy atom. The maximum absolute atomic E-state index is 12.8. The molecule has 0 saturated carbocycles. The Kier molecular flexibility index (Phi) is 4.35. The summed E-state index contributed by atoms with van der Waals surface area (Å²) < 4.78 is 13.3. The molecule has 1 rings (SSSR count). The maximum Gasteiger partial charge on any atom is 0.137 e. The number of aliphatic hydroxyl groups excluding tert-OH is 1. The predicted molar refractivity (Wildman–Crippen MR) is 58.9 cm³/mol. The standard InChI is InChI=1S/C10H13BrFNO/c1-2-8(14)6-13-7-3-4-10(12)9(11)5-7/h3-5,8,13-14H,2,6H2,1H3. The van der Waals surface area contributed by atoms with Crippen LogP contribution in [0.2, 0.25) is 0 Å². The quantitative estimate of drug-likeness (QED) is 0.874. The predicted octanol–water partition coefficient (Wildman–Crippen LogP) is 2.77. The molecule has 0 radical (unpaired) electrons. The summed E-state index contributed by atoms with van der Waals surface area (Å²) in [6, 6.07) is 4.67. The number of aliphatic hydroxyl groups is 1. The highest BCUT2D eigenvalue weighted by molar-refractivity contribution is 9.10. The number of hydrogen-bond donors (Lipinski definition) is 2. The second kappa shape index (κ2) is 5.32. The summed E-state index contributed by atoms with van der Waals surface area (Å²) in [6.45, 7) is 2.39. The van der Waals surface area contributed by atoms with E-state index in [1.54, 1.807) is 12.1 Å². The lowest BCUT2D eigenvalue weighted by Gasteiger charge is -2.10. The normalized spacial score (nSPS) is 12.6. The molecule has 0 heterocycles. The third-order valence-electron chi connectivity index (χ3n) is 1.93. The second-order valence-corrected chi connectivity index (χ2v) is 3.93. The molecule has 0 saturated heterocycles. The SMILES string of the molecule is CCC(O)CNc1ccc(F)c(Br)c1. The molecule has 0 spiro atoms. The van der Waals surface area contributed by atoms with Gasteiger partial charge in [-0.1, -0.05) is 6.92 Å². The molecule has 78 valence electrons. The molecule has 2 N–H and O–H groups in total. The van der Waals surface area contributed by atoms with Crippen LogP contribution in [0.3, 0.4) is 0 Å². The van der Waals surface area contributed by atoms with E-state index in [1.807, 2.05) is 6.92 Å². The van der Waals surface area contributed by atoms with Gasteiger partial charge in [0.1, 0.15) is 5.82 Å². The topological polar surface area (TPSA) is 32.3 Å². The fourth-order valence-electron chi connectivity index (χ4n) is 0.986. The molecular weight excluding hydrogens is 249 g/mol. The van der Waals surface area contributed by atoms with E-state index in [2.05, 4.69) is 21.2 Å². The van der Waals surface area contributed by atoms with Gasteiger partial charge in [0, 0.05) is 12.2 Å². The molecule has 0 aliphatic rings. The second-order valence-electron chi connectivity index (χ2n) is 3.07. The van der Waals surface area contributed by atoms with Crippen molar-refractivity contribution >= 4 is 21.6 Å². The van der Waals surface area contributed by atoms with Crippen LogP contribution >= 0.6 is 15.9 Å². The largest absolute Gasteiger partial charge is 0.391 e. The van der Waals surface area contributed by atoms with E-state index in [9.17, 15) is 9.50 Å². The molecule has 0 aliphatic heterocycles. The molecule has 0 aromatic heterocycles. The summed E-state index contributed by atoms with van der Waals surface area (Å²) in [5, 5.41) is 12.3. The highest BCUT2D eigenvalue weighted by Gasteiger charge is 2.02. The Hall–Kier alpha value is -0.610. The molecule has 0 aliphatic carbocycles. The highest BCUT2D eigenvalue weighted by Crippen LogP contribution is 2.19. The van der Waals surface area contributed by atoms with Gasteiger partial charge in [-0.25, -0.2) is 4.39 Å². The fraction of sp³-hybridized carbons (Fsp3) is 0.400. The van der Waals surface area contributed by atoms with Crippen LogP contribution in [0.15, 0.2) is 22.7 Å². The van der Waals surface area contributed by atoms with Gasteiger partial charge in [-0.05, 0) is 40.5 Å². The van der Waals surface area contributed by atoms with Gasteiger partial charge >= 0.3 is 0 Å². The van der Waals surface area contributed by atoms with Crippen LogP contribution in [-0.4, -0.2) is 17.8 Å². The monoisotopic (exact) mass is 261 g/mol. The van der Waals surface area contributed by atoms with Gasteiger partial charge < -0.3 is 10.4 Å². The van der Waals surface area contributed by atoms with Crippen LogP contribution in [0.4, 0.5) is 10.1 Å². The Morgan fingerprint density at radius 3 is 2.86 bits per heavy atom. The highest BCUT2D eigenvalue weighted by atomic mass is 79.9. The van der Waals surface area contributed by atoms with Crippen molar-refractivity contribution in [3.05, 3.63) is 28.5 Å². The van der Waals surface area contributed by atoms with Crippen molar-refractivity contribution in [2.75, 3.05) is 11.9 Å². The summed E-state index contributed by atoms with van der Waals surface area (Å²) in [4.78, 5) is 0. The minimum absolute atomic E-state index is 0.286. The van der Waals surface area contributed by atoms with Gasteiger partial charge in [0.25, 0.3) is 0 Å². The van der Waals surface area contributed by atoms with Crippen molar-refractivity contribution in [2.45, 2.75) is 19.4 Å². The zero-order valence-electron chi connectivity index (χ0n) is 7.93. The summed E-state index contributed by atoms with van der Waals surface area (Å²) in [6.07, 6.45) is 0.342. The van der Waals surface area contributed by atoms with Gasteiger partial charge in [-0.2, -0.15) is 0 Å². The van der Waals surface area contributed by atoms with Gasteiger partial charge in [-0.15, -0.1) is 0 Å². The summed E-state index contributed by atoms with van der Waals surface area (Å²) in [7, 11) is 0. The van der Waals surface area contributed by atoms with Gasteiger partial charge in [0.15, 0.2) is 0 Å². The first-order valence-electron chi connectivity index (χ1n) is 4.50. The summed E-state index contributed by atoms with van der Waals surface area (Å²) in [5.74, 6) is -0.286. The van der Waals surface area contributed by atoms with Crippen LogP contribution in [-0.2, 0) is 0 Å². The zero-order chi connectivity index (χ0) is 10.6. The van der Waals surface area contributed by atoms with Gasteiger partial charge in [0.05, 0.1) is 10.6 Å². The molecule has 1 unspecified atom stereocenters. The van der Waals surface area contributed by atoms with E-state index < -0.39 is 0 Å². The molecular formula is C10H13BrFNO. The van der Waals surface area contributed by atoms with E-state index in [0.29, 0.717) is 17.4 Å². The first kappa shape index (κ1) is 11.5. The number of halogens is 2. The van der Waals surface area contributed by atoms with Crippen LogP contribution < -0.4 is 5.32 Å². The maximum atomic E-state index is 12.8. The Bertz CT molecular complexity index is 306. The van der Waals surface area contributed by atoms with Crippen molar-refractivity contribution in [1.29, 1.82) is 0 Å². The minimum atomic E-state index is -0.362. The van der Waals surface area contributed by atoms with Gasteiger partial charge in [0.2, 0.25) is 0 Å². The zero-order valence-corrected chi connectivity index (χ0v) is 9.51. The smallest absolute Gasteiger partial charge is 0.137 e. The van der Waals surface area contributed by atoms with E-state index in [0.717, 1.165) is 5.69 Å². The first-order chi connectivity index (χ1) is 6.63. The molecule has 2 nitrogen and oxygen atoms in total. The summed E-state index contributed by atoms with van der Waals surface area (Å²) >= 11 is 3.09. The van der Waals surface area contributed by atoms with Crippen molar-refractivity contribution in [3.63, 3.8) is 0 Å². The van der Waals surface area contributed by atoms with Crippen LogP contribution in [0.1, 0.15) is 13.3 Å². The third kappa shape index (κ3) is 3.27. The van der Waals surface area contributed by atoms with Crippen molar-refractivity contribution in [2.24, 2.45) is 0 Å². The van der Waals surface area contributed by atoms with E-state index in [-0.39, 0.29) is 11.9 Å².